The van der Waals surface area contributed by atoms with Crippen molar-refractivity contribution < 1.29 is 38.6 Å². The highest BCUT2D eigenvalue weighted by Crippen LogP contribution is 2.40. The number of carbonyl (C=O) groups excluding carboxylic acids is 5. The molecule has 1 aromatic carbocycles. The summed E-state index contributed by atoms with van der Waals surface area (Å²) in [6.45, 7) is 1.67. The molecule has 14 heteroatoms. The molecule has 2 heterocycles. The summed E-state index contributed by atoms with van der Waals surface area (Å²) >= 11 is 6.15. The van der Waals surface area contributed by atoms with E-state index >= 15 is 0 Å². The molecule has 4 aliphatic rings. The van der Waals surface area contributed by atoms with Crippen LogP contribution in [0.4, 0.5) is 15.3 Å². The van der Waals surface area contributed by atoms with Gasteiger partial charge in [0.1, 0.15) is 12.1 Å². The van der Waals surface area contributed by atoms with Gasteiger partial charge in [-0.25, -0.2) is 9.59 Å². The molecule has 5 amide bonds. The predicted molar refractivity (Wildman–Crippen MR) is 158 cm³/mol. The molecule has 1 unspecified atom stereocenters. The van der Waals surface area contributed by atoms with Crippen molar-refractivity contribution in [2.24, 2.45) is 5.92 Å². The number of ether oxygens (including phenoxy) is 1. The van der Waals surface area contributed by atoms with Gasteiger partial charge in [-0.1, -0.05) is 43.9 Å². The first-order chi connectivity index (χ1) is 21.0. The van der Waals surface area contributed by atoms with E-state index in [1.165, 1.54) is 9.80 Å². The Bertz CT molecular complexity index is 1330. The van der Waals surface area contributed by atoms with Gasteiger partial charge in [-0.3, -0.25) is 24.1 Å². The standard InChI is InChI=1S/C30H38ClN5O8/c1-2-6-21(24(37)26(39)32-19-11-12-19)33-25(38)22-14-30(15-35(29(43)44-30)20-10-5-9-18(31)13-20)16-36(22)27(40)23(34-28(41)42)17-7-3-4-8-17/h5,9-10,13,17,19,21-23,34H,2-4,6-8,11-12,14-16H2,1H3,(H,32,39)(H,33,38)(H,41,42)/t21-,22-,23?,30+/m0/s1. The molecule has 4 N–H and O–H groups in total. The molecule has 2 saturated carbocycles. The molecule has 4 fully saturated rings. The third kappa shape index (κ3) is 6.92. The lowest BCUT2D eigenvalue weighted by atomic mass is 9.96. The largest absolute Gasteiger partial charge is 0.465 e. The minimum Gasteiger partial charge on any atom is -0.465 e. The van der Waals surface area contributed by atoms with E-state index in [1.54, 1.807) is 24.3 Å². The number of hydrogen-bond acceptors (Lipinski definition) is 7. The number of likely N-dealkylation sites (tertiary alicyclic amines) is 1. The molecular formula is C30H38ClN5O8. The van der Waals surface area contributed by atoms with Crippen molar-refractivity contribution in [3.8, 4) is 0 Å². The first-order valence-corrected chi connectivity index (χ1v) is 15.6. The molecule has 238 valence electrons. The van der Waals surface area contributed by atoms with Crippen molar-refractivity contribution >= 4 is 53.0 Å². The van der Waals surface area contributed by atoms with Gasteiger partial charge in [-0.2, -0.15) is 0 Å². The first kappa shape index (κ1) is 31.6. The summed E-state index contributed by atoms with van der Waals surface area (Å²) in [5.74, 6) is -3.07. The van der Waals surface area contributed by atoms with Gasteiger partial charge in [0.15, 0.2) is 5.60 Å². The molecule has 5 rings (SSSR count). The number of Topliss-reactive ketones (excluding diaryl/α,β-unsaturated/α-hetero) is 1. The van der Waals surface area contributed by atoms with Crippen molar-refractivity contribution in [2.45, 2.75) is 94.5 Å². The van der Waals surface area contributed by atoms with Crippen LogP contribution in [0.1, 0.15) is 64.7 Å². The molecular weight excluding hydrogens is 594 g/mol. The number of benzene rings is 1. The van der Waals surface area contributed by atoms with Crippen LogP contribution in [0, 0.1) is 5.92 Å². The molecule has 2 aliphatic heterocycles. The minimum absolute atomic E-state index is 0.0152. The van der Waals surface area contributed by atoms with Crippen LogP contribution in [0.15, 0.2) is 24.3 Å². The topological polar surface area (TPSA) is 174 Å². The van der Waals surface area contributed by atoms with Gasteiger partial charge >= 0.3 is 12.2 Å². The normalized spacial score (nSPS) is 24.6. The third-order valence-corrected chi connectivity index (χ3v) is 9.07. The average Bonchev–Trinajstić information content (AvgIpc) is 3.35. The van der Waals surface area contributed by atoms with E-state index in [4.69, 9.17) is 16.3 Å². The Morgan fingerprint density at radius 1 is 1.09 bits per heavy atom. The van der Waals surface area contributed by atoms with E-state index in [0.29, 0.717) is 30.0 Å². The summed E-state index contributed by atoms with van der Waals surface area (Å²) < 4.78 is 5.85. The number of halogens is 1. The molecule has 13 nitrogen and oxygen atoms in total. The van der Waals surface area contributed by atoms with Gasteiger partial charge in [-0.15, -0.1) is 0 Å². The molecule has 2 saturated heterocycles. The van der Waals surface area contributed by atoms with E-state index in [0.717, 1.165) is 25.7 Å². The van der Waals surface area contributed by atoms with Gasteiger partial charge in [0.2, 0.25) is 17.6 Å². The number of carbonyl (C=O) groups is 6. The minimum atomic E-state index is -1.36. The Labute approximate surface area is 260 Å². The molecule has 4 atom stereocenters. The fraction of sp³-hybridized carbons (Fsp3) is 0.600. The summed E-state index contributed by atoms with van der Waals surface area (Å²) in [5.41, 5.74) is -0.800. The Hall–Kier alpha value is -3.87. The molecule has 44 heavy (non-hydrogen) atoms. The lowest BCUT2D eigenvalue weighted by Gasteiger charge is -2.31. The Balaban J connectivity index is 1.42. The number of ketones is 1. The van der Waals surface area contributed by atoms with E-state index < -0.39 is 59.4 Å². The van der Waals surface area contributed by atoms with Crippen LogP contribution in [0.3, 0.4) is 0 Å². The number of nitrogens with zero attached hydrogens (tertiary/aromatic N) is 2. The zero-order valence-electron chi connectivity index (χ0n) is 24.6. The summed E-state index contributed by atoms with van der Waals surface area (Å²) in [5, 5.41) is 17.7. The molecule has 0 radical (unpaired) electrons. The zero-order chi connectivity index (χ0) is 31.6. The van der Waals surface area contributed by atoms with Gasteiger partial charge in [0.05, 0.1) is 19.1 Å². The maximum atomic E-state index is 14.1. The molecule has 1 aromatic rings. The van der Waals surface area contributed by atoms with Gasteiger partial charge < -0.3 is 30.7 Å². The van der Waals surface area contributed by atoms with Crippen LogP contribution in [-0.4, -0.2) is 88.6 Å². The summed E-state index contributed by atoms with van der Waals surface area (Å²) in [7, 11) is 0. The van der Waals surface area contributed by atoms with Crippen LogP contribution in [0.5, 0.6) is 0 Å². The molecule has 0 aromatic heterocycles. The maximum Gasteiger partial charge on any atom is 0.415 e. The third-order valence-electron chi connectivity index (χ3n) is 8.84. The zero-order valence-corrected chi connectivity index (χ0v) is 25.3. The lowest BCUT2D eigenvalue weighted by Crippen LogP contribution is -2.57. The summed E-state index contributed by atoms with van der Waals surface area (Å²) in [4.78, 5) is 81.0. The highest BCUT2D eigenvalue weighted by atomic mass is 35.5. The second-order valence-electron chi connectivity index (χ2n) is 12.2. The number of nitrogens with one attached hydrogen (secondary N) is 3. The Morgan fingerprint density at radius 2 is 1.82 bits per heavy atom. The second-order valence-corrected chi connectivity index (χ2v) is 12.7. The molecule has 2 aliphatic carbocycles. The highest BCUT2D eigenvalue weighted by molar-refractivity contribution is 6.38. The summed E-state index contributed by atoms with van der Waals surface area (Å²) in [6.07, 6.45) is 3.16. The van der Waals surface area contributed by atoms with Crippen LogP contribution >= 0.6 is 11.6 Å². The van der Waals surface area contributed by atoms with Crippen LogP contribution in [-0.2, 0) is 23.9 Å². The smallest absolute Gasteiger partial charge is 0.415 e. The molecule has 0 bridgehead atoms. The predicted octanol–water partition coefficient (Wildman–Crippen LogP) is 2.60. The molecule has 1 spiro atoms. The number of carboxylic acid groups (broad SMARTS) is 1. The van der Waals surface area contributed by atoms with E-state index in [2.05, 4.69) is 16.0 Å². The monoisotopic (exact) mass is 631 g/mol. The van der Waals surface area contributed by atoms with E-state index in [9.17, 15) is 33.9 Å². The lowest BCUT2D eigenvalue weighted by molar-refractivity contribution is -0.143. The van der Waals surface area contributed by atoms with Crippen molar-refractivity contribution in [3.63, 3.8) is 0 Å². The average molecular weight is 632 g/mol. The fourth-order valence-electron chi connectivity index (χ4n) is 6.52. The summed E-state index contributed by atoms with van der Waals surface area (Å²) in [6, 6.07) is 3.20. The number of hydrogen-bond donors (Lipinski definition) is 4. The van der Waals surface area contributed by atoms with Crippen molar-refractivity contribution in [1.82, 2.24) is 20.9 Å². The van der Waals surface area contributed by atoms with E-state index in [-0.39, 0.29) is 37.9 Å². The highest BCUT2D eigenvalue weighted by Gasteiger charge is 2.58. The second kappa shape index (κ2) is 13.0. The van der Waals surface area contributed by atoms with Crippen LogP contribution < -0.4 is 20.9 Å². The quantitative estimate of drug-likeness (QED) is 0.270. The number of amides is 5. The number of rotatable bonds is 11. The Kier molecular flexibility index (Phi) is 9.33. The first-order valence-electron chi connectivity index (χ1n) is 15.2. The van der Waals surface area contributed by atoms with Crippen molar-refractivity contribution in [1.29, 1.82) is 0 Å². The van der Waals surface area contributed by atoms with Gasteiger partial charge in [0, 0.05) is 23.2 Å². The van der Waals surface area contributed by atoms with Gasteiger partial charge in [-0.05, 0) is 56.2 Å². The Morgan fingerprint density at radius 3 is 2.45 bits per heavy atom. The SMILES string of the molecule is CCC[C@H](NC(=O)[C@@H]1C[C@@]2(CN(c3cccc(Cl)c3)C(=O)O2)CN1C(=O)C(NC(=O)O)C1CCCC1)C(=O)C(=O)NC1CC1. The van der Waals surface area contributed by atoms with Crippen LogP contribution in [0.25, 0.3) is 0 Å². The van der Waals surface area contributed by atoms with E-state index in [1.807, 2.05) is 6.92 Å². The van der Waals surface area contributed by atoms with Crippen molar-refractivity contribution in [3.05, 3.63) is 29.3 Å². The van der Waals surface area contributed by atoms with Gasteiger partial charge in [0.25, 0.3) is 5.91 Å². The fourth-order valence-corrected chi connectivity index (χ4v) is 6.70. The maximum absolute atomic E-state index is 14.1. The number of anilines is 1. The van der Waals surface area contributed by atoms with Crippen molar-refractivity contribution in [2.75, 3.05) is 18.0 Å². The van der Waals surface area contributed by atoms with Crippen LogP contribution in [0.2, 0.25) is 5.02 Å².